The van der Waals surface area contributed by atoms with E-state index >= 15 is 0 Å². The zero-order valence-electron chi connectivity index (χ0n) is 20.1. The number of carboxylic acids is 1. The van der Waals surface area contributed by atoms with E-state index in [2.05, 4.69) is 23.6 Å². The lowest BCUT2D eigenvalue weighted by Gasteiger charge is -2.44. The molecule has 1 spiro atoms. The molecule has 4 atom stereocenters. The molecule has 35 heavy (non-hydrogen) atoms. The summed E-state index contributed by atoms with van der Waals surface area (Å²) in [6.07, 6.45) is 8.33. The van der Waals surface area contributed by atoms with Gasteiger partial charge >= 0.3 is 5.97 Å². The van der Waals surface area contributed by atoms with Crippen LogP contribution in [-0.4, -0.2) is 42.0 Å². The lowest BCUT2D eigenvalue weighted by atomic mass is 9.68. The third-order valence-electron chi connectivity index (χ3n) is 8.42. The van der Waals surface area contributed by atoms with E-state index in [1.54, 1.807) is 18.2 Å². The molecule has 1 aliphatic heterocycles. The Morgan fingerprint density at radius 3 is 2.83 bits per heavy atom. The van der Waals surface area contributed by atoms with Gasteiger partial charge in [-0.15, -0.1) is 6.58 Å². The second kappa shape index (κ2) is 9.87. The lowest BCUT2D eigenvalue weighted by molar-refractivity contribution is 0.0697. The fourth-order valence-corrected chi connectivity index (χ4v) is 6.49. The van der Waals surface area contributed by atoms with Crippen LogP contribution in [0.4, 0.5) is 5.69 Å². The molecule has 0 radical (unpaired) electrons. The van der Waals surface area contributed by atoms with E-state index in [-0.39, 0.29) is 11.0 Å². The predicted molar refractivity (Wildman–Crippen MR) is 139 cm³/mol. The molecule has 1 saturated carbocycles. The van der Waals surface area contributed by atoms with Crippen molar-refractivity contribution in [2.24, 2.45) is 11.8 Å². The van der Waals surface area contributed by atoms with Crippen molar-refractivity contribution in [1.29, 1.82) is 0 Å². The maximum absolute atomic E-state index is 11.8. The molecule has 5 rings (SSSR count). The zero-order valence-corrected chi connectivity index (χ0v) is 20.8. The van der Waals surface area contributed by atoms with Crippen molar-refractivity contribution in [2.45, 2.75) is 56.5 Å². The van der Waals surface area contributed by atoms with Crippen molar-refractivity contribution in [3.8, 4) is 5.75 Å². The molecule has 0 saturated heterocycles. The van der Waals surface area contributed by atoms with Gasteiger partial charge in [-0.25, -0.2) is 4.79 Å². The van der Waals surface area contributed by atoms with Crippen LogP contribution in [-0.2, 0) is 11.8 Å². The van der Waals surface area contributed by atoms with Crippen LogP contribution >= 0.6 is 11.6 Å². The van der Waals surface area contributed by atoms with E-state index < -0.39 is 12.1 Å². The Bertz CT molecular complexity index is 1120. The topological polar surface area (TPSA) is 70.0 Å². The highest BCUT2D eigenvalue weighted by atomic mass is 35.5. The van der Waals surface area contributed by atoms with Gasteiger partial charge in [0.15, 0.2) is 0 Å². The number of nitrogens with zero attached hydrogens (tertiary/aromatic N) is 1. The van der Waals surface area contributed by atoms with Gasteiger partial charge in [0.2, 0.25) is 0 Å². The minimum Gasteiger partial charge on any atom is -0.490 e. The van der Waals surface area contributed by atoms with Gasteiger partial charge in [0.1, 0.15) is 5.75 Å². The molecule has 0 unspecified atom stereocenters. The quantitative estimate of drug-likeness (QED) is 0.470. The van der Waals surface area contributed by atoms with Crippen molar-refractivity contribution >= 4 is 23.3 Å². The summed E-state index contributed by atoms with van der Waals surface area (Å²) in [5.74, 6) is 0.903. The van der Waals surface area contributed by atoms with Crippen molar-refractivity contribution < 1.29 is 19.7 Å². The van der Waals surface area contributed by atoms with Crippen LogP contribution in [0.25, 0.3) is 0 Å². The Kier molecular flexibility index (Phi) is 6.82. The number of benzene rings is 2. The highest BCUT2D eigenvalue weighted by Crippen LogP contribution is 2.46. The van der Waals surface area contributed by atoms with Crippen molar-refractivity contribution in [2.75, 3.05) is 24.6 Å². The van der Waals surface area contributed by atoms with Gasteiger partial charge in [0.25, 0.3) is 0 Å². The number of aliphatic hydroxyl groups is 1. The number of aromatic carboxylic acids is 1. The Balaban J connectivity index is 1.47. The first-order valence-electron chi connectivity index (χ1n) is 12.7. The highest BCUT2D eigenvalue weighted by Gasteiger charge is 2.43. The number of rotatable bonds is 7. The maximum Gasteiger partial charge on any atom is 0.335 e. The van der Waals surface area contributed by atoms with E-state index in [0.29, 0.717) is 18.4 Å². The first-order valence-corrected chi connectivity index (χ1v) is 13.1. The largest absolute Gasteiger partial charge is 0.490 e. The smallest absolute Gasteiger partial charge is 0.335 e. The number of fused-ring (bicyclic) bond motifs is 3. The molecule has 2 aliphatic carbocycles. The summed E-state index contributed by atoms with van der Waals surface area (Å²) < 4.78 is 6.44. The van der Waals surface area contributed by atoms with Crippen LogP contribution in [0.5, 0.6) is 5.75 Å². The van der Waals surface area contributed by atoms with Gasteiger partial charge in [-0.2, -0.15) is 0 Å². The van der Waals surface area contributed by atoms with Gasteiger partial charge < -0.3 is 19.8 Å². The molecule has 0 bridgehead atoms. The summed E-state index contributed by atoms with van der Waals surface area (Å²) in [5, 5.41) is 20.4. The summed E-state index contributed by atoms with van der Waals surface area (Å²) in [6.45, 7) is 5.91. The fourth-order valence-electron chi connectivity index (χ4n) is 6.29. The molecule has 1 fully saturated rings. The summed E-state index contributed by atoms with van der Waals surface area (Å²) in [4.78, 5) is 14.2. The highest BCUT2D eigenvalue weighted by molar-refractivity contribution is 6.30. The normalized spacial score (nSPS) is 26.1. The van der Waals surface area contributed by atoms with Crippen LogP contribution in [0.3, 0.4) is 0 Å². The Morgan fingerprint density at radius 1 is 1.26 bits per heavy atom. The zero-order chi connectivity index (χ0) is 24.6. The average molecular weight is 496 g/mol. The fraction of sp³-hybridized carbons (Fsp3) is 0.483. The minimum absolute atomic E-state index is 0.168. The second-order valence-corrected chi connectivity index (χ2v) is 11.0. The van der Waals surface area contributed by atoms with E-state index in [9.17, 15) is 15.0 Å². The van der Waals surface area contributed by atoms with Crippen LogP contribution in [0.2, 0.25) is 5.02 Å². The van der Waals surface area contributed by atoms with Gasteiger partial charge in [0, 0.05) is 23.5 Å². The first kappa shape index (κ1) is 24.2. The van der Waals surface area contributed by atoms with Gasteiger partial charge in [0.05, 0.1) is 24.0 Å². The number of halogens is 1. The average Bonchev–Trinajstić information content (AvgIpc) is 2.98. The molecule has 186 valence electrons. The summed E-state index contributed by atoms with van der Waals surface area (Å²) in [6, 6.07) is 11.5. The third-order valence-corrected chi connectivity index (χ3v) is 8.65. The number of ether oxygens (including phenoxy) is 1. The van der Waals surface area contributed by atoms with Gasteiger partial charge in [-0.3, -0.25) is 0 Å². The Labute approximate surface area is 212 Å². The number of aryl methyl sites for hydroxylation is 1. The minimum atomic E-state index is -0.927. The monoisotopic (exact) mass is 495 g/mol. The molecular weight excluding hydrogens is 462 g/mol. The van der Waals surface area contributed by atoms with Crippen LogP contribution in [0.1, 0.15) is 60.0 Å². The molecule has 2 aromatic rings. The lowest BCUT2D eigenvalue weighted by Crippen LogP contribution is -2.48. The van der Waals surface area contributed by atoms with Gasteiger partial charge in [-0.1, -0.05) is 23.7 Å². The molecule has 2 N–H and O–H groups in total. The first-order chi connectivity index (χ1) is 16.9. The summed E-state index contributed by atoms with van der Waals surface area (Å²) in [7, 11) is 0. The number of hydrogen-bond acceptors (Lipinski definition) is 4. The van der Waals surface area contributed by atoms with Crippen LogP contribution in [0, 0.1) is 11.8 Å². The number of carbonyl (C=O) groups is 1. The number of carboxylic acid groups (broad SMARTS) is 1. The standard InChI is InChI=1S/C29H34ClNO4/c1-2-24(32)10-7-19-5-6-22(19)16-31-17-29(13-3-4-20-14-23(30)9-11-25(20)29)18-35-27-12-8-21(28(33)34)15-26(27)31/h2,8-9,11-12,14-15,19,22,24,32H,1,3-7,10,13,16-18H2,(H,33,34)/t19-,22-,24-,29-/m0/s1. The molecular formula is C29H34ClNO4. The Morgan fingerprint density at radius 2 is 2.09 bits per heavy atom. The second-order valence-electron chi connectivity index (χ2n) is 10.6. The molecule has 6 heteroatoms. The summed E-state index contributed by atoms with van der Waals surface area (Å²) >= 11 is 6.34. The van der Waals surface area contributed by atoms with Crippen LogP contribution < -0.4 is 9.64 Å². The molecule has 0 aromatic heterocycles. The van der Waals surface area contributed by atoms with Crippen LogP contribution in [0.15, 0.2) is 49.1 Å². The SMILES string of the molecule is C=C[C@H](O)CC[C@@H]1CC[C@H]1CN1C[C@@]2(CCCc3cc(Cl)ccc32)COc2ccc(C(=O)O)cc21. The molecule has 5 nitrogen and oxygen atoms in total. The van der Waals surface area contributed by atoms with E-state index in [1.165, 1.54) is 17.5 Å². The molecule has 2 aromatic carbocycles. The maximum atomic E-state index is 11.8. The molecule has 1 heterocycles. The molecule has 0 amide bonds. The number of aliphatic hydroxyl groups excluding tert-OH is 1. The van der Waals surface area contributed by atoms with Gasteiger partial charge in [-0.05, 0) is 98.2 Å². The van der Waals surface area contributed by atoms with E-state index in [0.717, 1.165) is 68.1 Å². The summed E-state index contributed by atoms with van der Waals surface area (Å²) in [5.41, 5.74) is 3.59. The number of anilines is 1. The molecule has 3 aliphatic rings. The van der Waals surface area contributed by atoms with Crippen molar-refractivity contribution in [3.05, 3.63) is 70.8 Å². The number of hydrogen-bond donors (Lipinski definition) is 2. The Hall–Kier alpha value is -2.50. The van der Waals surface area contributed by atoms with Crippen molar-refractivity contribution in [1.82, 2.24) is 0 Å². The van der Waals surface area contributed by atoms with E-state index in [1.807, 2.05) is 12.1 Å². The van der Waals surface area contributed by atoms with Crippen molar-refractivity contribution in [3.63, 3.8) is 0 Å². The van der Waals surface area contributed by atoms with E-state index in [4.69, 9.17) is 16.3 Å². The predicted octanol–water partition coefficient (Wildman–Crippen LogP) is 5.86. The third kappa shape index (κ3) is 4.81.